The monoisotopic (exact) mass is 250 g/mol. The van der Waals surface area contributed by atoms with E-state index in [2.05, 4.69) is 4.74 Å². The third-order valence-corrected chi connectivity index (χ3v) is 3.40. The quantitative estimate of drug-likeness (QED) is 0.778. The first-order chi connectivity index (χ1) is 8.68. The second-order valence-corrected chi connectivity index (χ2v) is 4.77. The van der Waals surface area contributed by atoms with Gasteiger partial charge in [-0.05, 0) is 18.4 Å². The van der Waals surface area contributed by atoms with Gasteiger partial charge in [-0.15, -0.1) is 0 Å². The average molecular weight is 250 g/mol. The van der Waals surface area contributed by atoms with E-state index in [-0.39, 0.29) is 0 Å². The summed E-state index contributed by atoms with van der Waals surface area (Å²) in [7, 11) is 1.28. The molecule has 0 amide bonds. The van der Waals surface area contributed by atoms with Crippen molar-refractivity contribution in [2.24, 2.45) is 5.41 Å². The van der Waals surface area contributed by atoms with Crippen LogP contribution in [0.3, 0.4) is 0 Å². The van der Waals surface area contributed by atoms with Crippen LogP contribution < -0.4 is 0 Å². The lowest BCUT2D eigenvalue weighted by Gasteiger charge is -2.20. The van der Waals surface area contributed by atoms with E-state index < -0.39 is 17.5 Å². The molecule has 18 heavy (non-hydrogen) atoms. The first-order valence-electron chi connectivity index (χ1n) is 6.05. The lowest BCUT2D eigenvalue weighted by atomic mass is 10.0. The van der Waals surface area contributed by atoms with Gasteiger partial charge in [0.2, 0.25) is 0 Å². The van der Waals surface area contributed by atoms with Crippen LogP contribution in [0.25, 0.3) is 0 Å². The van der Waals surface area contributed by atoms with Crippen LogP contribution in [0.15, 0.2) is 30.3 Å². The minimum atomic E-state index is -1.07. The minimum absolute atomic E-state index is 0.387. The van der Waals surface area contributed by atoms with Crippen LogP contribution in [0, 0.1) is 5.41 Å². The van der Waals surface area contributed by atoms with Gasteiger partial charge in [0.25, 0.3) is 0 Å². The highest BCUT2D eigenvalue weighted by molar-refractivity contribution is 5.75. The molecular formula is C14H18O4. The van der Waals surface area contributed by atoms with Crippen molar-refractivity contribution in [3.63, 3.8) is 0 Å². The first-order valence-corrected chi connectivity index (χ1v) is 6.05. The Hall–Kier alpha value is -1.39. The van der Waals surface area contributed by atoms with Gasteiger partial charge in [0.15, 0.2) is 6.10 Å². The number of ether oxygens (including phenoxy) is 2. The third-order valence-electron chi connectivity index (χ3n) is 3.40. The predicted molar refractivity (Wildman–Crippen MR) is 65.8 cm³/mol. The maximum absolute atomic E-state index is 11.3. The van der Waals surface area contributed by atoms with Crippen LogP contribution in [-0.4, -0.2) is 30.9 Å². The number of aliphatic hydroxyl groups excluding tert-OH is 1. The highest BCUT2D eigenvalue weighted by Gasteiger charge is 2.52. The summed E-state index contributed by atoms with van der Waals surface area (Å²) in [6.07, 6.45) is 0.536. The first kappa shape index (κ1) is 13.1. The Labute approximate surface area is 107 Å². The molecule has 2 rings (SSSR count). The van der Waals surface area contributed by atoms with Gasteiger partial charge < -0.3 is 14.6 Å². The zero-order valence-corrected chi connectivity index (χ0v) is 10.5. The number of carbonyl (C=O) groups is 1. The van der Waals surface area contributed by atoms with Crippen molar-refractivity contribution >= 4 is 5.97 Å². The van der Waals surface area contributed by atoms with Gasteiger partial charge in [-0.3, -0.25) is 0 Å². The number of benzene rings is 1. The molecule has 4 heteroatoms. The summed E-state index contributed by atoms with van der Waals surface area (Å²) in [5.41, 5.74) is 0.655. The van der Waals surface area contributed by atoms with Crippen molar-refractivity contribution < 1.29 is 19.4 Å². The Kier molecular flexibility index (Phi) is 3.99. The molecule has 1 fully saturated rings. The lowest BCUT2D eigenvalue weighted by molar-refractivity contribution is -0.156. The molecule has 0 spiro atoms. The SMILES string of the molecule is COC(=O)C(O)C1(COCc2ccccc2)CC1. The predicted octanol–water partition coefficient (Wildman–Crippen LogP) is 1.52. The molecule has 1 unspecified atom stereocenters. The Morgan fingerprint density at radius 3 is 2.61 bits per heavy atom. The van der Waals surface area contributed by atoms with Crippen LogP contribution in [0.5, 0.6) is 0 Å². The Morgan fingerprint density at radius 2 is 2.06 bits per heavy atom. The molecule has 0 heterocycles. The van der Waals surface area contributed by atoms with E-state index in [0.717, 1.165) is 18.4 Å². The summed E-state index contributed by atoms with van der Waals surface area (Å²) in [5, 5.41) is 9.85. The summed E-state index contributed by atoms with van der Waals surface area (Å²) >= 11 is 0. The Balaban J connectivity index is 1.81. The molecule has 1 aromatic carbocycles. The van der Waals surface area contributed by atoms with Gasteiger partial charge in [-0.25, -0.2) is 4.79 Å². The fourth-order valence-corrected chi connectivity index (χ4v) is 1.97. The maximum atomic E-state index is 11.3. The fraction of sp³-hybridized carbons (Fsp3) is 0.500. The normalized spacial score (nSPS) is 18.1. The zero-order chi connectivity index (χ0) is 13.0. The summed E-state index contributed by atoms with van der Waals surface area (Å²) < 4.78 is 10.2. The van der Waals surface area contributed by atoms with E-state index in [4.69, 9.17) is 4.74 Å². The van der Waals surface area contributed by atoms with Gasteiger partial charge in [0.1, 0.15) is 0 Å². The molecular weight excluding hydrogens is 232 g/mol. The highest BCUT2D eigenvalue weighted by atomic mass is 16.5. The van der Waals surface area contributed by atoms with Crippen molar-refractivity contribution in [1.82, 2.24) is 0 Å². The molecule has 1 aliphatic carbocycles. The number of hydrogen-bond acceptors (Lipinski definition) is 4. The summed E-state index contributed by atoms with van der Waals surface area (Å²) in [6.45, 7) is 0.884. The Morgan fingerprint density at radius 1 is 1.39 bits per heavy atom. The van der Waals surface area contributed by atoms with Crippen LogP contribution >= 0.6 is 0 Å². The molecule has 1 aromatic rings. The molecule has 0 aliphatic heterocycles. The van der Waals surface area contributed by atoms with Crippen molar-refractivity contribution in [3.8, 4) is 0 Å². The minimum Gasteiger partial charge on any atom is -0.467 e. The summed E-state index contributed by atoms with van der Waals surface area (Å²) in [4.78, 5) is 11.3. The van der Waals surface area contributed by atoms with Gasteiger partial charge in [-0.1, -0.05) is 30.3 Å². The summed E-state index contributed by atoms with van der Waals surface area (Å²) in [5.74, 6) is -0.573. The zero-order valence-electron chi connectivity index (χ0n) is 10.5. The number of rotatable bonds is 6. The summed E-state index contributed by atoms with van der Waals surface area (Å²) in [6, 6.07) is 9.82. The fourth-order valence-electron chi connectivity index (χ4n) is 1.97. The molecule has 1 N–H and O–H groups in total. The van der Waals surface area contributed by atoms with E-state index in [1.54, 1.807) is 0 Å². The standard InChI is InChI=1S/C14H18O4/c1-17-13(16)12(15)14(7-8-14)10-18-9-11-5-3-2-4-6-11/h2-6,12,15H,7-10H2,1H3. The van der Waals surface area contributed by atoms with E-state index in [1.807, 2.05) is 30.3 Å². The van der Waals surface area contributed by atoms with Crippen LogP contribution in [-0.2, 0) is 20.9 Å². The maximum Gasteiger partial charge on any atom is 0.335 e. The lowest BCUT2D eigenvalue weighted by Crippen LogP contribution is -2.35. The van der Waals surface area contributed by atoms with Gasteiger partial charge >= 0.3 is 5.97 Å². The molecule has 1 atom stereocenters. The van der Waals surface area contributed by atoms with Crippen molar-refractivity contribution in [1.29, 1.82) is 0 Å². The number of esters is 1. The molecule has 1 aliphatic rings. The smallest absolute Gasteiger partial charge is 0.335 e. The molecule has 0 radical (unpaired) electrons. The van der Waals surface area contributed by atoms with E-state index in [1.165, 1.54) is 7.11 Å². The van der Waals surface area contributed by atoms with Crippen LogP contribution in [0.4, 0.5) is 0 Å². The van der Waals surface area contributed by atoms with Crippen molar-refractivity contribution in [3.05, 3.63) is 35.9 Å². The van der Waals surface area contributed by atoms with E-state index in [9.17, 15) is 9.90 Å². The van der Waals surface area contributed by atoms with Crippen LogP contribution in [0.1, 0.15) is 18.4 Å². The number of aliphatic hydroxyl groups is 1. The number of carbonyl (C=O) groups excluding carboxylic acids is 1. The molecule has 0 saturated heterocycles. The van der Waals surface area contributed by atoms with Crippen molar-refractivity contribution in [2.75, 3.05) is 13.7 Å². The molecule has 0 bridgehead atoms. The third kappa shape index (κ3) is 2.89. The molecule has 98 valence electrons. The van der Waals surface area contributed by atoms with E-state index >= 15 is 0 Å². The molecule has 0 aromatic heterocycles. The number of hydrogen-bond donors (Lipinski definition) is 1. The van der Waals surface area contributed by atoms with E-state index in [0.29, 0.717) is 13.2 Å². The van der Waals surface area contributed by atoms with Gasteiger partial charge in [0, 0.05) is 5.41 Å². The second kappa shape index (κ2) is 5.50. The number of methoxy groups -OCH3 is 1. The molecule has 4 nitrogen and oxygen atoms in total. The van der Waals surface area contributed by atoms with Gasteiger partial charge in [0.05, 0.1) is 20.3 Å². The molecule has 1 saturated carbocycles. The average Bonchev–Trinajstić information content (AvgIpc) is 3.19. The highest BCUT2D eigenvalue weighted by Crippen LogP contribution is 2.49. The van der Waals surface area contributed by atoms with Crippen molar-refractivity contribution in [2.45, 2.75) is 25.6 Å². The van der Waals surface area contributed by atoms with Crippen LogP contribution in [0.2, 0.25) is 0 Å². The Bertz CT molecular complexity index is 398. The topological polar surface area (TPSA) is 55.8 Å². The largest absolute Gasteiger partial charge is 0.467 e. The second-order valence-electron chi connectivity index (χ2n) is 4.77. The van der Waals surface area contributed by atoms with Gasteiger partial charge in [-0.2, -0.15) is 0 Å².